The Morgan fingerprint density at radius 3 is 2.03 bits per heavy atom. The maximum Gasteiger partial charge on any atom is 0.267 e. The van der Waals surface area contributed by atoms with Crippen molar-refractivity contribution in [2.75, 3.05) is 0 Å². The first-order valence-corrected chi connectivity index (χ1v) is 9.77. The third-order valence-corrected chi connectivity index (χ3v) is 5.26. The number of pyridine rings is 1. The van der Waals surface area contributed by atoms with E-state index < -0.39 is 5.56 Å². The van der Waals surface area contributed by atoms with Crippen LogP contribution in [0.5, 0.6) is 5.75 Å². The minimum absolute atomic E-state index is 0.0225. The Morgan fingerprint density at radius 1 is 0.867 bits per heavy atom. The summed E-state index contributed by atoms with van der Waals surface area (Å²) in [6, 6.07) is 24.5. The second kappa shape index (κ2) is 8.08. The molecule has 0 fully saturated rings. The molecule has 0 amide bonds. The van der Waals surface area contributed by atoms with Crippen LogP contribution in [0.2, 0.25) is 10.0 Å². The average Bonchev–Trinajstić information content (AvgIpc) is 2.75. The molecule has 30 heavy (non-hydrogen) atoms. The summed E-state index contributed by atoms with van der Waals surface area (Å²) in [5.74, 6) is -0.367. The monoisotopic (exact) mass is 432 g/mol. The van der Waals surface area contributed by atoms with Crippen molar-refractivity contribution in [3.05, 3.63) is 105 Å². The van der Waals surface area contributed by atoms with Crippen LogP contribution in [-0.4, -0.2) is 9.67 Å². The number of nitrogens with zero attached hydrogens (tertiary/aromatic N) is 2. The highest BCUT2D eigenvalue weighted by Gasteiger charge is 2.25. The molecule has 0 atom stereocenters. The molecule has 0 saturated carbocycles. The lowest BCUT2D eigenvalue weighted by Crippen LogP contribution is -2.23. The van der Waals surface area contributed by atoms with Gasteiger partial charge < -0.3 is 5.11 Å². The van der Waals surface area contributed by atoms with E-state index in [1.54, 1.807) is 66.7 Å². The standard InChI is InChI=1S/C24H14Cl2N2O2/c25-17-11-12-20(19(26)13-17)28-22(16-9-5-2-6-10-16)18(14-27)23(29)21(24(28)30)15-7-3-1-4-8-15/h1-13,29H. The van der Waals surface area contributed by atoms with Crippen LogP contribution in [0.25, 0.3) is 28.1 Å². The molecule has 3 aromatic carbocycles. The zero-order valence-electron chi connectivity index (χ0n) is 15.5. The summed E-state index contributed by atoms with van der Waals surface area (Å²) in [6.45, 7) is 0. The fourth-order valence-corrected chi connectivity index (χ4v) is 3.89. The second-order valence-electron chi connectivity index (χ2n) is 6.53. The van der Waals surface area contributed by atoms with Gasteiger partial charge in [-0.3, -0.25) is 9.36 Å². The molecule has 4 nitrogen and oxygen atoms in total. The van der Waals surface area contributed by atoms with Crippen LogP contribution in [0.15, 0.2) is 83.7 Å². The lowest BCUT2D eigenvalue weighted by molar-refractivity contribution is 0.473. The maximum atomic E-state index is 13.7. The van der Waals surface area contributed by atoms with Crippen LogP contribution in [0.4, 0.5) is 0 Å². The summed E-state index contributed by atoms with van der Waals surface area (Å²) in [5, 5.41) is 21.6. The summed E-state index contributed by atoms with van der Waals surface area (Å²) < 4.78 is 1.36. The van der Waals surface area contributed by atoms with Crippen molar-refractivity contribution in [1.82, 2.24) is 4.57 Å². The Hall–Kier alpha value is -3.52. The normalized spacial score (nSPS) is 10.6. The Labute approximate surface area is 182 Å². The van der Waals surface area contributed by atoms with Gasteiger partial charge in [0.2, 0.25) is 0 Å². The molecule has 0 aliphatic heterocycles. The summed E-state index contributed by atoms with van der Waals surface area (Å²) >= 11 is 12.5. The van der Waals surface area contributed by atoms with E-state index in [2.05, 4.69) is 6.07 Å². The van der Waals surface area contributed by atoms with E-state index in [4.69, 9.17) is 23.2 Å². The van der Waals surface area contributed by atoms with Crippen molar-refractivity contribution in [3.63, 3.8) is 0 Å². The van der Waals surface area contributed by atoms with Gasteiger partial charge in [-0.15, -0.1) is 0 Å². The number of nitriles is 1. The molecule has 0 aliphatic rings. The van der Waals surface area contributed by atoms with E-state index in [-0.39, 0.29) is 27.6 Å². The number of rotatable bonds is 3. The van der Waals surface area contributed by atoms with E-state index in [9.17, 15) is 15.2 Å². The number of aromatic hydroxyl groups is 1. The Morgan fingerprint density at radius 2 is 1.47 bits per heavy atom. The number of aromatic nitrogens is 1. The van der Waals surface area contributed by atoms with E-state index >= 15 is 0 Å². The highest BCUT2D eigenvalue weighted by Crippen LogP contribution is 2.38. The van der Waals surface area contributed by atoms with Crippen LogP contribution >= 0.6 is 23.2 Å². The van der Waals surface area contributed by atoms with Crippen molar-refractivity contribution in [1.29, 1.82) is 5.26 Å². The Balaban J connectivity index is 2.21. The average molecular weight is 433 g/mol. The summed E-state index contributed by atoms with van der Waals surface area (Å²) in [5.41, 5.74) is 1.20. The highest BCUT2D eigenvalue weighted by atomic mass is 35.5. The quantitative estimate of drug-likeness (QED) is 0.427. The molecule has 0 aliphatic carbocycles. The van der Waals surface area contributed by atoms with Crippen molar-refractivity contribution in [2.24, 2.45) is 0 Å². The largest absolute Gasteiger partial charge is 0.506 e. The van der Waals surface area contributed by atoms with E-state index in [1.807, 2.05) is 6.07 Å². The maximum absolute atomic E-state index is 13.7. The van der Waals surface area contributed by atoms with Crippen molar-refractivity contribution in [2.45, 2.75) is 0 Å². The predicted molar refractivity (Wildman–Crippen MR) is 119 cm³/mol. The van der Waals surface area contributed by atoms with Gasteiger partial charge in [-0.25, -0.2) is 0 Å². The van der Waals surface area contributed by atoms with Crippen LogP contribution in [0, 0.1) is 11.3 Å². The Kier molecular flexibility index (Phi) is 5.33. The molecular weight excluding hydrogens is 419 g/mol. The Bertz CT molecular complexity index is 1340. The first-order valence-electron chi connectivity index (χ1n) is 9.01. The molecule has 0 radical (unpaired) electrons. The third-order valence-electron chi connectivity index (χ3n) is 4.72. The first-order chi connectivity index (χ1) is 14.5. The number of hydrogen-bond donors (Lipinski definition) is 1. The molecule has 4 aromatic rings. The van der Waals surface area contributed by atoms with Crippen LogP contribution in [0.3, 0.4) is 0 Å². The minimum Gasteiger partial charge on any atom is -0.506 e. The first kappa shape index (κ1) is 19.8. The molecule has 0 spiro atoms. The molecule has 1 aromatic heterocycles. The van der Waals surface area contributed by atoms with Gasteiger partial charge in [0.05, 0.1) is 22.0 Å². The van der Waals surface area contributed by atoms with Gasteiger partial charge >= 0.3 is 0 Å². The van der Waals surface area contributed by atoms with Crippen LogP contribution < -0.4 is 5.56 Å². The molecule has 6 heteroatoms. The molecule has 0 unspecified atom stereocenters. The smallest absolute Gasteiger partial charge is 0.267 e. The van der Waals surface area contributed by atoms with Crippen molar-refractivity contribution in [3.8, 4) is 39.9 Å². The molecule has 4 rings (SSSR count). The minimum atomic E-state index is -0.499. The number of halogens is 2. The topological polar surface area (TPSA) is 66.0 Å². The van der Waals surface area contributed by atoms with E-state index in [1.165, 1.54) is 10.6 Å². The van der Waals surface area contributed by atoms with Gasteiger partial charge in [-0.05, 0) is 23.8 Å². The van der Waals surface area contributed by atoms with Gasteiger partial charge in [0.15, 0.2) is 0 Å². The highest BCUT2D eigenvalue weighted by molar-refractivity contribution is 6.35. The predicted octanol–water partition coefficient (Wildman–Crippen LogP) is 6.06. The molecule has 0 saturated heterocycles. The number of benzene rings is 3. The zero-order chi connectivity index (χ0) is 21.3. The molecule has 0 bridgehead atoms. The van der Waals surface area contributed by atoms with Gasteiger partial charge in [-0.1, -0.05) is 83.9 Å². The summed E-state index contributed by atoms with van der Waals surface area (Å²) in [7, 11) is 0. The van der Waals surface area contributed by atoms with Crippen LogP contribution in [-0.2, 0) is 0 Å². The van der Waals surface area contributed by atoms with E-state index in [0.717, 1.165) is 0 Å². The van der Waals surface area contributed by atoms with Gasteiger partial charge in [0.25, 0.3) is 5.56 Å². The summed E-state index contributed by atoms with van der Waals surface area (Å²) in [4.78, 5) is 13.7. The SMILES string of the molecule is N#Cc1c(O)c(-c2ccccc2)c(=O)n(-c2ccc(Cl)cc2Cl)c1-c1ccccc1. The van der Waals surface area contributed by atoms with Crippen molar-refractivity contribution < 1.29 is 5.11 Å². The van der Waals surface area contributed by atoms with Crippen LogP contribution in [0.1, 0.15) is 5.56 Å². The van der Waals surface area contributed by atoms with E-state index in [0.29, 0.717) is 21.8 Å². The summed E-state index contributed by atoms with van der Waals surface area (Å²) in [6.07, 6.45) is 0. The van der Waals surface area contributed by atoms with Gasteiger partial charge in [-0.2, -0.15) is 5.26 Å². The van der Waals surface area contributed by atoms with Gasteiger partial charge in [0.1, 0.15) is 17.4 Å². The third kappa shape index (κ3) is 3.35. The second-order valence-corrected chi connectivity index (χ2v) is 7.37. The van der Waals surface area contributed by atoms with Crippen molar-refractivity contribution >= 4 is 23.2 Å². The lowest BCUT2D eigenvalue weighted by Gasteiger charge is -2.19. The number of hydrogen-bond acceptors (Lipinski definition) is 3. The lowest BCUT2D eigenvalue weighted by atomic mass is 9.98. The molecule has 1 heterocycles. The van der Waals surface area contributed by atoms with Gasteiger partial charge in [0, 0.05) is 10.6 Å². The zero-order valence-corrected chi connectivity index (χ0v) is 17.0. The fourth-order valence-electron chi connectivity index (χ4n) is 3.40. The molecular formula is C24H14Cl2N2O2. The fraction of sp³-hybridized carbons (Fsp3) is 0. The molecule has 1 N–H and O–H groups in total. The molecule has 146 valence electrons.